The zero-order valence-corrected chi connectivity index (χ0v) is 13.3. The summed E-state index contributed by atoms with van der Waals surface area (Å²) in [6.45, 7) is 1.25. The van der Waals surface area contributed by atoms with Crippen LogP contribution in [0.15, 0.2) is 24.3 Å². The lowest BCUT2D eigenvalue weighted by molar-refractivity contribution is -0.131. The number of amides is 3. The van der Waals surface area contributed by atoms with E-state index in [4.69, 9.17) is 0 Å². The molecule has 0 aromatic heterocycles. The molecule has 3 heterocycles. The second kappa shape index (κ2) is 5.65. The normalized spacial score (nSPS) is 27.0. The number of hydrogen-bond acceptors (Lipinski definition) is 5. The minimum absolute atomic E-state index is 0.0779. The number of hydrogen-bond donors (Lipinski definition) is 1. The van der Waals surface area contributed by atoms with Gasteiger partial charge in [0.15, 0.2) is 0 Å². The molecule has 1 aromatic rings. The predicted molar refractivity (Wildman–Crippen MR) is 86.2 cm³/mol. The lowest BCUT2D eigenvalue weighted by Gasteiger charge is -2.22. The van der Waals surface area contributed by atoms with E-state index in [1.807, 2.05) is 4.90 Å². The summed E-state index contributed by atoms with van der Waals surface area (Å²) in [5, 5.41) is 3.18. The Morgan fingerprint density at radius 2 is 1.87 bits per heavy atom. The third-order valence-electron chi connectivity index (χ3n) is 4.66. The largest absolute Gasteiger partial charge is 0.331 e. The van der Waals surface area contributed by atoms with Crippen molar-refractivity contribution in [3.63, 3.8) is 0 Å². The first-order valence-corrected chi connectivity index (χ1v) is 8.89. The van der Waals surface area contributed by atoms with Gasteiger partial charge < -0.3 is 10.2 Å². The fourth-order valence-electron chi connectivity index (χ4n) is 3.45. The molecule has 2 unspecified atom stereocenters. The molecule has 0 radical (unpaired) electrons. The van der Waals surface area contributed by atoms with E-state index >= 15 is 0 Å². The van der Waals surface area contributed by atoms with Crippen LogP contribution in [-0.4, -0.2) is 64.3 Å². The highest BCUT2D eigenvalue weighted by Crippen LogP contribution is 2.28. The van der Waals surface area contributed by atoms with Crippen molar-refractivity contribution in [3.05, 3.63) is 35.4 Å². The van der Waals surface area contributed by atoms with Gasteiger partial charge in [-0.15, -0.1) is 11.8 Å². The van der Waals surface area contributed by atoms with Gasteiger partial charge in [0.2, 0.25) is 5.91 Å². The standard InChI is InChI=1S/C16H17N3O3S/c20-14-11-3-1-2-4-12(11)15(21)19(14)10-7-13(17-8-10)16(22)18-5-6-23-9-18/h1-4,10,13,17H,5-9H2. The first-order chi connectivity index (χ1) is 11.2. The van der Waals surface area contributed by atoms with E-state index in [0.29, 0.717) is 24.1 Å². The molecular weight excluding hydrogens is 314 g/mol. The molecule has 6 nitrogen and oxygen atoms in total. The Labute approximate surface area is 138 Å². The van der Waals surface area contributed by atoms with Crippen molar-refractivity contribution in [1.82, 2.24) is 15.1 Å². The Bertz CT molecular complexity index is 652. The highest BCUT2D eigenvalue weighted by atomic mass is 32.2. The quantitative estimate of drug-likeness (QED) is 0.802. The molecule has 2 saturated heterocycles. The van der Waals surface area contributed by atoms with Crippen LogP contribution in [0.25, 0.3) is 0 Å². The number of rotatable bonds is 2. The molecule has 0 aliphatic carbocycles. The number of fused-ring (bicyclic) bond motifs is 1. The van der Waals surface area contributed by atoms with E-state index in [1.165, 1.54) is 4.90 Å². The van der Waals surface area contributed by atoms with Gasteiger partial charge in [0, 0.05) is 18.8 Å². The predicted octanol–water partition coefficient (Wildman–Crippen LogP) is 0.546. The summed E-state index contributed by atoms with van der Waals surface area (Å²) in [6, 6.07) is 6.33. The van der Waals surface area contributed by atoms with Gasteiger partial charge in [-0.3, -0.25) is 19.3 Å². The van der Waals surface area contributed by atoms with Gasteiger partial charge in [0.1, 0.15) is 0 Å². The Hall–Kier alpha value is -1.86. The number of carbonyl (C=O) groups is 3. The average molecular weight is 331 g/mol. The molecule has 3 amide bonds. The van der Waals surface area contributed by atoms with Crippen LogP contribution >= 0.6 is 11.8 Å². The highest BCUT2D eigenvalue weighted by molar-refractivity contribution is 7.99. The van der Waals surface area contributed by atoms with Crippen LogP contribution in [0.2, 0.25) is 0 Å². The Balaban J connectivity index is 1.49. The molecular formula is C16H17N3O3S. The maximum Gasteiger partial charge on any atom is 0.261 e. The third kappa shape index (κ3) is 2.35. The van der Waals surface area contributed by atoms with Gasteiger partial charge in [-0.1, -0.05) is 12.1 Å². The minimum Gasteiger partial charge on any atom is -0.331 e. The molecule has 23 heavy (non-hydrogen) atoms. The smallest absolute Gasteiger partial charge is 0.261 e. The van der Waals surface area contributed by atoms with E-state index in [2.05, 4.69) is 5.32 Å². The zero-order chi connectivity index (χ0) is 16.0. The number of nitrogens with one attached hydrogen (secondary N) is 1. The molecule has 4 rings (SSSR count). The minimum atomic E-state index is -0.303. The van der Waals surface area contributed by atoms with Crippen LogP contribution in [-0.2, 0) is 4.79 Å². The number of imide groups is 1. The highest BCUT2D eigenvalue weighted by Gasteiger charge is 2.44. The van der Waals surface area contributed by atoms with Gasteiger partial charge in [-0.25, -0.2) is 0 Å². The van der Waals surface area contributed by atoms with Crippen LogP contribution in [0.4, 0.5) is 0 Å². The fourth-order valence-corrected chi connectivity index (χ4v) is 4.40. The second-order valence-corrected chi connectivity index (χ2v) is 7.09. The van der Waals surface area contributed by atoms with Crippen LogP contribution in [0.3, 0.4) is 0 Å². The Morgan fingerprint density at radius 1 is 1.17 bits per heavy atom. The summed E-state index contributed by atoms with van der Waals surface area (Å²) in [5.74, 6) is 1.29. The summed E-state index contributed by atoms with van der Waals surface area (Å²) in [6.07, 6.45) is 0.492. The number of benzene rings is 1. The van der Waals surface area contributed by atoms with E-state index in [1.54, 1.807) is 36.0 Å². The zero-order valence-electron chi connectivity index (χ0n) is 12.5. The fraction of sp³-hybridized carbons (Fsp3) is 0.438. The first kappa shape index (κ1) is 14.7. The molecule has 1 N–H and O–H groups in total. The molecule has 0 saturated carbocycles. The molecule has 1 aromatic carbocycles. The lowest BCUT2D eigenvalue weighted by atomic mass is 10.1. The summed E-state index contributed by atoms with van der Waals surface area (Å²) < 4.78 is 0. The second-order valence-electron chi connectivity index (χ2n) is 6.02. The third-order valence-corrected chi connectivity index (χ3v) is 5.63. The molecule has 120 valence electrons. The molecule has 2 fully saturated rings. The van der Waals surface area contributed by atoms with Crippen molar-refractivity contribution in [2.45, 2.75) is 18.5 Å². The van der Waals surface area contributed by atoms with Crippen LogP contribution < -0.4 is 5.32 Å². The Kier molecular flexibility index (Phi) is 3.61. The van der Waals surface area contributed by atoms with Gasteiger partial charge in [-0.2, -0.15) is 0 Å². The monoisotopic (exact) mass is 331 g/mol. The number of nitrogens with zero attached hydrogens (tertiary/aromatic N) is 2. The van der Waals surface area contributed by atoms with Crippen molar-refractivity contribution in [3.8, 4) is 0 Å². The maximum atomic E-state index is 12.5. The molecule has 3 aliphatic heterocycles. The van der Waals surface area contributed by atoms with Crippen molar-refractivity contribution < 1.29 is 14.4 Å². The summed E-state index contributed by atoms with van der Waals surface area (Å²) in [4.78, 5) is 40.6. The van der Waals surface area contributed by atoms with E-state index < -0.39 is 0 Å². The number of thioether (sulfide) groups is 1. The Morgan fingerprint density at radius 3 is 2.48 bits per heavy atom. The maximum absolute atomic E-state index is 12.5. The van der Waals surface area contributed by atoms with E-state index in [9.17, 15) is 14.4 Å². The topological polar surface area (TPSA) is 69.7 Å². The van der Waals surface area contributed by atoms with Gasteiger partial charge in [0.05, 0.1) is 29.1 Å². The van der Waals surface area contributed by atoms with Gasteiger partial charge >= 0.3 is 0 Å². The van der Waals surface area contributed by atoms with Crippen molar-refractivity contribution in [2.75, 3.05) is 24.7 Å². The first-order valence-electron chi connectivity index (χ1n) is 7.73. The SMILES string of the molecule is O=C(C1CC(N2C(=O)c3ccccc3C2=O)CN1)N1CCSC1. The number of carbonyl (C=O) groups excluding carboxylic acids is 3. The van der Waals surface area contributed by atoms with Crippen LogP contribution in [0.5, 0.6) is 0 Å². The average Bonchev–Trinajstić information content (AvgIpc) is 3.29. The molecule has 7 heteroatoms. The summed E-state index contributed by atoms with van der Waals surface area (Å²) >= 11 is 1.75. The van der Waals surface area contributed by atoms with Gasteiger partial charge in [-0.05, 0) is 18.6 Å². The molecule has 2 atom stereocenters. The summed E-state index contributed by atoms with van der Waals surface area (Å²) in [5.41, 5.74) is 0.923. The van der Waals surface area contributed by atoms with E-state index in [0.717, 1.165) is 18.2 Å². The summed E-state index contributed by atoms with van der Waals surface area (Å²) in [7, 11) is 0. The van der Waals surface area contributed by atoms with Crippen molar-refractivity contribution in [2.24, 2.45) is 0 Å². The van der Waals surface area contributed by atoms with Crippen LogP contribution in [0, 0.1) is 0 Å². The lowest BCUT2D eigenvalue weighted by Crippen LogP contribution is -2.42. The molecule has 0 spiro atoms. The van der Waals surface area contributed by atoms with E-state index in [-0.39, 0.29) is 29.8 Å². The van der Waals surface area contributed by atoms with Crippen LogP contribution in [0.1, 0.15) is 27.1 Å². The van der Waals surface area contributed by atoms with Crippen molar-refractivity contribution in [1.29, 1.82) is 0 Å². The van der Waals surface area contributed by atoms with Gasteiger partial charge in [0.25, 0.3) is 11.8 Å². The molecule has 3 aliphatic rings. The molecule has 0 bridgehead atoms. The van der Waals surface area contributed by atoms with Crippen molar-refractivity contribution >= 4 is 29.5 Å².